The minimum atomic E-state index is -0.801. The Morgan fingerprint density at radius 3 is 2.04 bits per heavy atom. The Morgan fingerprint density at radius 1 is 1.04 bits per heavy atom. The van der Waals surface area contributed by atoms with Gasteiger partial charge >= 0.3 is 11.9 Å². The van der Waals surface area contributed by atoms with Gasteiger partial charge in [0.2, 0.25) is 0 Å². The smallest absolute Gasteiger partial charge is 0.306 e. The molecule has 3 N–H and O–H groups in total. The number of hydroxylamine groups is 2. The molecule has 0 aliphatic carbocycles. The topological polar surface area (TPSA) is 98.1 Å². The minimum absolute atomic E-state index is 0.148. The molecule has 0 aromatic heterocycles. The Balaban J connectivity index is 2.56. The highest BCUT2D eigenvalue weighted by molar-refractivity contribution is 5.69. The first-order valence-corrected chi connectivity index (χ1v) is 8.89. The summed E-state index contributed by atoms with van der Waals surface area (Å²) >= 11 is 0. The summed E-state index contributed by atoms with van der Waals surface area (Å²) in [7, 11) is 0. The zero-order valence-electron chi connectivity index (χ0n) is 15.4. The molecule has 0 bridgehead atoms. The van der Waals surface area contributed by atoms with Gasteiger partial charge in [-0.1, -0.05) is 12.8 Å². The van der Waals surface area contributed by atoms with Crippen LogP contribution in [0, 0.1) is 11.8 Å². The number of hydrogen-bond acceptors (Lipinski definition) is 4. The molecule has 140 valence electrons. The van der Waals surface area contributed by atoms with Crippen molar-refractivity contribution in [2.24, 2.45) is 11.8 Å². The Hall–Kier alpha value is -1.14. The molecule has 1 atom stereocenters. The molecule has 0 spiro atoms. The predicted octanol–water partition coefficient (Wildman–Crippen LogP) is 3.77. The summed E-state index contributed by atoms with van der Waals surface area (Å²) in [6, 6.07) is 0. The maximum absolute atomic E-state index is 11.6. The van der Waals surface area contributed by atoms with Gasteiger partial charge in [0.25, 0.3) is 0 Å². The van der Waals surface area contributed by atoms with Gasteiger partial charge in [-0.2, -0.15) is 5.06 Å². The average Bonchev–Trinajstić information content (AvgIpc) is 2.42. The second kappa shape index (κ2) is 8.30. The van der Waals surface area contributed by atoms with Crippen molar-refractivity contribution in [3.05, 3.63) is 0 Å². The fraction of sp³-hybridized carbons (Fsp3) is 0.889. The van der Waals surface area contributed by atoms with Crippen molar-refractivity contribution in [2.45, 2.75) is 90.1 Å². The highest BCUT2D eigenvalue weighted by Gasteiger charge is 2.45. The average molecular weight is 343 g/mol. The number of piperidine rings is 1. The Morgan fingerprint density at radius 2 is 1.58 bits per heavy atom. The van der Waals surface area contributed by atoms with Crippen LogP contribution in [0.2, 0.25) is 0 Å². The molecule has 0 aromatic rings. The number of aliphatic carboxylic acids is 2. The van der Waals surface area contributed by atoms with E-state index >= 15 is 0 Å². The molecule has 0 aromatic carbocycles. The van der Waals surface area contributed by atoms with E-state index in [-0.39, 0.29) is 23.4 Å². The normalized spacial score (nSPS) is 22.2. The molecule has 0 saturated carbocycles. The summed E-state index contributed by atoms with van der Waals surface area (Å²) in [4.78, 5) is 22.1. The standard InChI is InChI=1S/C18H33NO5/c1-17(2)11-13(12-18(3,4)19(17)24)10-14(16(22)23)8-6-5-7-9-15(20)21/h13-14,24H,5-12H2,1-4H3,(H,20,21)(H,22,23). The molecule has 1 heterocycles. The molecule has 0 radical (unpaired) electrons. The summed E-state index contributed by atoms with van der Waals surface area (Å²) in [5, 5.41) is 29.9. The zero-order valence-corrected chi connectivity index (χ0v) is 15.4. The number of rotatable bonds is 9. The van der Waals surface area contributed by atoms with Crippen LogP contribution in [0.25, 0.3) is 0 Å². The van der Waals surface area contributed by atoms with E-state index in [1.165, 1.54) is 5.06 Å². The monoisotopic (exact) mass is 343 g/mol. The summed E-state index contributed by atoms with van der Waals surface area (Å²) in [5.74, 6) is -1.70. The molecule has 1 rings (SSSR count). The largest absolute Gasteiger partial charge is 0.481 e. The van der Waals surface area contributed by atoms with Crippen LogP contribution in [0.1, 0.15) is 79.1 Å². The number of nitrogens with zero attached hydrogens (tertiary/aromatic N) is 1. The predicted molar refractivity (Wildman–Crippen MR) is 91.0 cm³/mol. The first kappa shape index (κ1) is 20.9. The third kappa shape index (κ3) is 6.06. The molecule has 1 aliphatic rings. The van der Waals surface area contributed by atoms with Crippen LogP contribution in [-0.4, -0.2) is 43.5 Å². The summed E-state index contributed by atoms with van der Waals surface area (Å²) in [6.45, 7) is 7.95. The molecular weight excluding hydrogens is 310 g/mol. The SMILES string of the molecule is CC1(C)CC(CC(CCCCCC(=O)O)C(=O)O)CC(C)(C)N1O. The van der Waals surface area contributed by atoms with Gasteiger partial charge < -0.3 is 15.4 Å². The lowest BCUT2D eigenvalue weighted by molar-refractivity contribution is -0.252. The van der Waals surface area contributed by atoms with Gasteiger partial charge in [0.05, 0.1) is 5.92 Å². The van der Waals surface area contributed by atoms with Crippen LogP contribution < -0.4 is 0 Å². The van der Waals surface area contributed by atoms with E-state index in [9.17, 15) is 19.9 Å². The number of hydrogen-bond donors (Lipinski definition) is 3. The second-order valence-electron chi connectivity index (χ2n) is 8.47. The number of carboxylic acid groups (broad SMARTS) is 2. The van der Waals surface area contributed by atoms with Crippen molar-refractivity contribution in [1.82, 2.24) is 5.06 Å². The first-order chi connectivity index (χ1) is 11.0. The van der Waals surface area contributed by atoms with E-state index in [1.807, 2.05) is 27.7 Å². The van der Waals surface area contributed by atoms with Crippen LogP contribution in [0.5, 0.6) is 0 Å². The van der Waals surface area contributed by atoms with Crippen LogP contribution in [0.4, 0.5) is 0 Å². The minimum Gasteiger partial charge on any atom is -0.481 e. The van der Waals surface area contributed by atoms with E-state index in [0.29, 0.717) is 19.3 Å². The van der Waals surface area contributed by atoms with Gasteiger partial charge in [-0.15, -0.1) is 0 Å². The molecule has 24 heavy (non-hydrogen) atoms. The molecule has 6 heteroatoms. The quantitative estimate of drug-likeness (QED) is 0.551. The van der Waals surface area contributed by atoms with Gasteiger partial charge in [-0.25, -0.2) is 0 Å². The summed E-state index contributed by atoms with van der Waals surface area (Å²) < 4.78 is 0. The van der Waals surface area contributed by atoms with E-state index in [1.54, 1.807) is 0 Å². The van der Waals surface area contributed by atoms with Crippen molar-refractivity contribution in [1.29, 1.82) is 0 Å². The molecule has 1 unspecified atom stereocenters. The van der Waals surface area contributed by atoms with E-state index in [2.05, 4.69) is 0 Å². The number of carboxylic acids is 2. The summed E-state index contributed by atoms with van der Waals surface area (Å²) in [6.07, 6.45) is 5.01. The van der Waals surface area contributed by atoms with Gasteiger partial charge in [0, 0.05) is 17.5 Å². The number of carbonyl (C=O) groups is 2. The van der Waals surface area contributed by atoms with Crippen LogP contribution >= 0.6 is 0 Å². The molecule has 1 saturated heterocycles. The maximum atomic E-state index is 11.6. The van der Waals surface area contributed by atoms with Gasteiger partial charge in [0.15, 0.2) is 0 Å². The van der Waals surface area contributed by atoms with Crippen LogP contribution in [0.3, 0.4) is 0 Å². The lowest BCUT2D eigenvalue weighted by Crippen LogP contribution is -2.59. The highest BCUT2D eigenvalue weighted by atomic mass is 16.5. The highest BCUT2D eigenvalue weighted by Crippen LogP contribution is 2.42. The maximum Gasteiger partial charge on any atom is 0.306 e. The third-order valence-electron chi connectivity index (χ3n) is 5.13. The third-order valence-corrected chi connectivity index (χ3v) is 5.13. The molecule has 1 aliphatic heterocycles. The Labute approximate surface area is 144 Å². The van der Waals surface area contributed by atoms with Crippen molar-refractivity contribution in [2.75, 3.05) is 0 Å². The Kier molecular flexibility index (Phi) is 7.23. The van der Waals surface area contributed by atoms with Crippen LogP contribution in [0.15, 0.2) is 0 Å². The van der Waals surface area contributed by atoms with Crippen molar-refractivity contribution < 1.29 is 25.0 Å². The zero-order chi connectivity index (χ0) is 18.5. The van der Waals surface area contributed by atoms with Gasteiger partial charge in [0.1, 0.15) is 0 Å². The fourth-order valence-electron chi connectivity index (χ4n) is 4.23. The van der Waals surface area contributed by atoms with Crippen molar-refractivity contribution in [3.8, 4) is 0 Å². The van der Waals surface area contributed by atoms with E-state index < -0.39 is 17.9 Å². The van der Waals surface area contributed by atoms with Gasteiger partial charge in [-0.05, 0) is 65.7 Å². The second-order valence-corrected chi connectivity index (χ2v) is 8.47. The van der Waals surface area contributed by atoms with E-state index in [4.69, 9.17) is 5.11 Å². The molecular formula is C18H33NO5. The summed E-state index contributed by atoms with van der Waals surface area (Å²) in [5.41, 5.74) is -0.728. The van der Waals surface area contributed by atoms with Crippen molar-refractivity contribution in [3.63, 3.8) is 0 Å². The fourth-order valence-corrected chi connectivity index (χ4v) is 4.23. The molecule has 6 nitrogen and oxygen atoms in total. The lowest BCUT2D eigenvalue weighted by Gasteiger charge is -2.52. The van der Waals surface area contributed by atoms with E-state index in [0.717, 1.165) is 25.7 Å². The van der Waals surface area contributed by atoms with Gasteiger partial charge in [-0.3, -0.25) is 9.59 Å². The van der Waals surface area contributed by atoms with Crippen molar-refractivity contribution >= 4 is 11.9 Å². The molecule has 0 amide bonds. The first-order valence-electron chi connectivity index (χ1n) is 8.89. The molecule has 1 fully saturated rings. The Bertz CT molecular complexity index is 429. The lowest BCUT2D eigenvalue weighted by atomic mass is 9.72. The van der Waals surface area contributed by atoms with Crippen LogP contribution in [-0.2, 0) is 9.59 Å². The number of unbranched alkanes of at least 4 members (excludes halogenated alkanes) is 2.